The fourth-order valence-corrected chi connectivity index (χ4v) is 2.78. The normalized spacial score (nSPS) is 25.4. The summed E-state index contributed by atoms with van der Waals surface area (Å²) in [4.78, 5) is 2.36. The molecule has 1 aliphatic heterocycles. The van der Waals surface area contributed by atoms with Gasteiger partial charge in [0.25, 0.3) is 0 Å². The van der Waals surface area contributed by atoms with Gasteiger partial charge in [0.2, 0.25) is 0 Å². The van der Waals surface area contributed by atoms with Crippen molar-refractivity contribution in [2.75, 3.05) is 26.2 Å². The molecule has 1 atom stereocenters. The van der Waals surface area contributed by atoms with Gasteiger partial charge in [0, 0.05) is 13.1 Å². The summed E-state index contributed by atoms with van der Waals surface area (Å²) in [7, 11) is 0. The molecule has 1 aromatic rings. The van der Waals surface area contributed by atoms with Crippen molar-refractivity contribution in [1.82, 2.24) is 4.90 Å². The van der Waals surface area contributed by atoms with Gasteiger partial charge in [0.1, 0.15) is 0 Å². The molecule has 110 valence electrons. The summed E-state index contributed by atoms with van der Waals surface area (Å²) in [5, 5.41) is 19.4. The Bertz CT molecular complexity index is 444. The van der Waals surface area contributed by atoms with Gasteiger partial charge < -0.3 is 10.2 Å². The van der Waals surface area contributed by atoms with Crippen LogP contribution >= 0.6 is 0 Å². The third-order valence-corrected chi connectivity index (χ3v) is 3.99. The van der Waals surface area contributed by atoms with E-state index in [0.717, 1.165) is 26.1 Å². The van der Waals surface area contributed by atoms with Crippen molar-refractivity contribution in [2.24, 2.45) is 0 Å². The van der Waals surface area contributed by atoms with Crippen LogP contribution in [0.4, 0.5) is 0 Å². The lowest BCUT2D eigenvalue weighted by molar-refractivity contribution is -0.0252. The highest BCUT2D eigenvalue weighted by Crippen LogP contribution is 2.22. The number of hydrogen-bond acceptors (Lipinski definition) is 3. The molecule has 0 saturated carbocycles. The molecule has 2 N–H and O–H groups in total. The van der Waals surface area contributed by atoms with Gasteiger partial charge in [-0.25, -0.2) is 0 Å². The molecule has 1 fully saturated rings. The molecule has 20 heavy (non-hydrogen) atoms. The molecule has 0 aliphatic carbocycles. The smallest absolute Gasteiger partial charge is 0.0890 e. The van der Waals surface area contributed by atoms with Gasteiger partial charge in [0.05, 0.1) is 12.2 Å². The van der Waals surface area contributed by atoms with Gasteiger partial charge in [0.15, 0.2) is 0 Å². The van der Waals surface area contributed by atoms with Crippen LogP contribution in [0.25, 0.3) is 6.08 Å². The highest BCUT2D eigenvalue weighted by atomic mass is 16.3. The van der Waals surface area contributed by atoms with Crippen LogP contribution in [0, 0.1) is 0 Å². The summed E-state index contributed by atoms with van der Waals surface area (Å²) < 4.78 is 0. The Morgan fingerprint density at radius 1 is 1.25 bits per heavy atom. The number of aliphatic hydroxyl groups excluding tert-OH is 1. The summed E-state index contributed by atoms with van der Waals surface area (Å²) in [5.74, 6) is 0. The van der Waals surface area contributed by atoms with E-state index in [1.165, 1.54) is 11.1 Å². The van der Waals surface area contributed by atoms with Crippen LogP contribution in [0.15, 0.2) is 35.9 Å². The fourth-order valence-electron chi connectivity index (χ4n) is 2.78. The predicted molar refractivity (Wildman–Crippen MR) is 82.4 cm³/mol. The van der Waals surface area contributed by atoms with Crippen LogP contribution in [0.3, 0.4) is 0 Å². The second-order valence-corrected chi connectivity index (χ2v) is 5.91. The largest absolute Gasteiger partial charge is 0.393 e. The predicted octanol–water partition coefficient (Wildman–Crippen LogP) is 2.30. The summed E-state index contributed by atoms with van der Waals surface area (Å²) in [5.41, 5.74) is 1.68. The number of rotatable bonds is 4. The van der Waals surface area contributed by atoms with Gasteiger partial charge in [-0.3, -0.25) is 4.90 Å². The van der Waals surface area contributed by atoms with Gasteiger partial charge in [-0.15, -0.1) is 0 Å². The molecule has 0 bridgehead atoms. The molecule has 2 rings (SSSR count). The molecule has 1 unspecified atom stereocenters. The molecule has 3 nitrogen and oxygen atoms in total. The minimum atomic E-state index is -0.869. The van der Waals surface area contributed by atoms with Crippen molar-refractivity contribution >= 4 is 6.08 Å². The fraction of sp³-hybridized carbons (Fsp3) is 0.529. The highest BCUT2D eigenvalue weighted by Gasteiger charge is 2.29. The van der Waals surface area contributed by atoms with Gasteiger partial charge in [-0.1, -0.05) is 42.0 Å². The number of hydrogen-bond donors (Lipinski definition) is 2. The third-order valence-electron chi connectivity index (χ3n) is 3.99. The lowest BCUT2D eigenvalue weighted by Crippen LogP contribution is -2.35. The summed E-state index contributed by atoms with van der Waals surface area (Å²) in [6, 6.07) is 10.3. The number of benzene rings is 1. The standard InChI is InChI=1S/C17H25NO2/c1-15(12-16-6-3-2-4-7-16)13-18-10-5-8-17(20,14-19)9-11-18/h2-4,6-7,12,19-20H,5,8-11,13-14H2,1H3. The van der Waals surface area contributed by atoms with Crippen molar-refractivity contribution in [3.63, 3.8) is 0 Å². The maximum Gasteiger partial charge on any atom is 0.0890 e. The van der Waals surface area contributed by atoms with E-state index in [4.69, 9.17) is 0 Å². The number of likely N-dealkylation sites (tertiary alicyclic amines) is 1. The first-order valence-electron chi connectivity index (χ1n) is 7.39. The minimum Gasteiger partial charge on any atom is -0.393 e. The first kappa shape index (κ1) is 15.2. The Hall–Kier alpha value is -1.16. The molecule has 3 heteroatoms. The van der Waals surface area contributed by atoms with Crippen molar-refractivity contribution in [2.45, 2.75) is 31.8 Å². The topological polar surface area (TPSA) is 43.7 Å². The van der Waals surface area contributed by atoms with Crippen LogP contribution in [0.1, 0.15) is 31.7 Å². The third kappa shape index (κ3) is 4.44. The quantitative estimate of drug-likeness (QED) is 0.886. The van der Waals surface area contributed by atoms with E-state index in [0.29, 0.717) is 12.8 Å². The highest BCUT2D eigenvalue weighted by molar-refractivity contribution is 5.52. The van der Waals surface area contributed by atoms with Gasteiger partial charge in [-0.05, 0) is 38.3 Å². The van der Waals surface area contributed by atoms with Gasteiger partial charge >= 0.3 is 0 Å². The van der Waals surface area contributed by atoms with Crippen LogP contribution in [0.5, 0.6) is 0 Å². The van der Waals surface area contributed by atoms with Crippen LogP contribution in [-0.2, 0) is 0 Å². The Morgan fingerprint density at radius 2 is 2.00 bits per heavy atom. The molecule has 0 radical (unpaired) electrons. The summed E-state index contributed by atoms with van der Waals surface area (Å²) in [6.45, 7) is 4.78. The van der Waals surface area contributed by atoms with E-state index in [1.54, 1.807) is 0 Å². The lowest BCUT2D eigenvalue weighted by Gasteiger charge is -2.24. The SMILES string of the molecule is CC(=Cc1ccccc1)CN1CCCC(O)(CO)CC1. The molecule has 1 aromatic carbocycles. The van der Waals surface area contributed by atoms with Crippen molar-refractivity contribution in [1.29, 1.82) is 0 Å². The molecular weight excluding hydrogens is 250 g/mol. The molecular formula is C17H25NO2. The van der Waals surface area contributed by atoms with Crippen molar-refractivity contribution in [3.05, 3.63) is 41.5 Å². The van der Waals surface area contributed by atoms with E-state index in [9.17, 15) is 10.2 Å². The summed E-state index contributed by atoms with van der Waals surface area (Å²) in [6.07, 6.45) is 4.50. The monoisotopic (exact) mass is 275 g/mol. The zero-order valence-corrected chi connectivity index (χ0v) is 12.3. The van der Waals surface area contributed by atoms with E-state index in [2.05, 4.69) is 30.0 Å². The lowest BCUT2D eigenvalue weighted by atomic mass is 9.96. The first-order valence-corrected chi connectivity index (χ1v) is 7.39. The minimum absolute atomic E-state index is 0.125. The summed E-state index contributed by atoms with van der Waals surface area (Å²) >= 11 is 0. The molecule has 1 heterocycles. The maximum atomic E-state index is 10.2. The molecule has 1 aliphatic rings. The van der Waals surface area contributed by atoms with E-state index in [1.807, 2.05) is 18.2 Å². The van der Waals surface area contributed by atoms with E-state index < -0.39 is 5.60 Å². The average Bonchev–Trinajstić information content (AvgIpc) is 2.63. The van der Waals surface area contributed by atoms with E-state index in [-0.39, 0.29) is 6.61 Å². The second kappa shape index (κ2) is 7.02. The van der Waals surface area contributed by atoms with Crippen LogP contribution < -0.4 is 0 Å². The Balaban J connectivity index is 1.92. The maximum absolute atomic E-state index is 10.2. The Kier molecular flexibility index (Phi) is 5.35. The first-order chi connectivity index (χ1) is 9.61. The molecule has 1 saturated heterocycles. The van der Waals surface area contributed by atoms with Crippen molar-refractivity contribution < 1.29 is 10.2 Å². The Morgan fingerprint density at radius 3 is 2.70 bits per heavy atom. The number of nitrogens with zero attached hydrogens (tertiary/aromatic N) is 1. The zero-order valence-electron chi connectivity index (χ0n) is 12.3. The van der Waals surface area contributed by atoms with Gasteiger partial charge in [-0.2, -0.15) is 0 Å². The second-order valence-electron chi connectivity index (χ2n) is 5.91. The van der Waals surface area contributed by atoms with Crippen LogP contribution in [-0.4, -0.2) is 47.0 Å². The molecule has 0 amide bonds. The number of aliphatic hydroxyl groups is 2. The average molecular weight is 275 g/mol. The zero-order chi connectivity index (χ0) is 14.4. The van der Waals surface area contributed by atoms with Crippen molar-refractivity contribution in [3.8, 4) is 0 Å². The van der Waals surface area contributed by atoms with Crippen LogP contribution in [0.2, 0.25) is 0 Å². The molecule has 0 spiro atoms. The molecule has 0 aromatic heterocycles. The Labute approximate surface area is 121 Å². The van der Waals surface area contributed by atoms with E-state index >= 15 is 0 Å².